The third-order valence-electron chi connectivity index (χ3n) is 4.70. The Morgan fingerprint density at radius 1 is 1.03 bits per heavy atom. The van der Waals surface area contributed by atoms with Gasteiger partial charge in [-0.1, -0.05) is 41.6 Å². The zero-order chi connectivity index (χ0) is 22.4. The highest BCUT2D eigenvalue weighted by molar-refractivity contribution is 8.26. The van der Waals surface area contributed by atoms with Gasteiger partial charge < -0.3 is 14.2 Å². The van der Waals surface area contributed by atoms with Crippen LogP contribution in [0.25, 0.3) is 6.08 Å². The Morgan fingerprint density at radius 3 is 2.45 bits per heavy atom. The molecule has 164 valence electrons. The predicted molar refractivity (Wildman–Crippen MR) is 130 cm³/mol. The molecule has 2 aromatic carbocycles. The van der Waals surface area contributed by atoms with E-state index in [9.17, 15) is 4.79 Å². The largest absolute Gasteiger partial charge is 0.491 e. The molecule has 0 aliphatic carbocycles. The van der Waals surface area contributed by atoms with Crippen LogP contribution in [-0.2, 0) is 9.53 Å². The normalized spacial score (nSPS) is 15.1. The maximum absolute atomic E-state index is 12.3. The second-order valence-electron chi connectivity index (χ2n) is 6.98. The molecule has 1 fully saturated rings. The maximum atomic E-state index is 12.3. The van der Waals surface area contributed by atoms with E-state index in [1.807, 2.05) is 18.2 Å². The van der Waals surface area contributed by atoms with Crippen molar-refractivity contribution in [2.24, 2.45) is 0 Å². The number of likely N-dealkylation sites (N-methyl/N-ethyl adjacent to an activating group) is 1. The molecule has 0 bridgehead atoms. The first-order chi connectivity index (χ1) is 14.8. The number of halogens is 1. The van der Waals surface area contributed by atoms with E-state index in [1.165, 1.54) is 27.8 Å². The Balaban J connectivity index is 1.47. The van der Waals surface area contributed by atoms with E-state index in [0.717, 1.165) is 11.3 Å². The van der Waals surface area contributed by atoms with Gasteiger partial charge in [-0.15, -0.1) is 0 Å². The van der Waals surface area contributed by atoms with Crippen LogP contribution in [-0.4, -0.2) is 48.6 Å². The van der Waals surface area contributed by atoms with E-state index in [4.69, 9.17) is 38.0 Å². The molecule has 8 heteroatoms. The molecule has 5 nitrogen and oxygen atoms in total. The Bertz CT molecular complexity index is 1010. The molecule has 1 amide bonds. The number of ether oxygens (including phenoxy) is 3. The number of aryl methyl sites for hydroxylation is 2. The molecule has 1 aliphatic heterocycles. The SMILES string of the molecule is Cc1ccc(OCCOCCOc2ccc(Cl)cc2C=C2SC(=S)N(C)C2=O)cc1C. The third kappa shape index (κ3) is 6.46. The van der Waals surface area contributed by atoms with Gasteiger partial charge in [0.1, 0.15) is 29.0 Å². The fourth-order valence-corrected chi connectivity index (χ4v) is 4.14. The first-order valence-corrected chi connectivity index (χ1v) is 11.4. The lowest BCUT2D eigenvalue weighted by Crippen LogP contribution is -2.22. The molecule has 0 atom stereocenters. The molecule has 0 radical (unpaired) electrons. The lowest BCUT2D eigenvalue weighted by molar-refractivity contribution is -0.121. The van der Waals surface area contributed by atoms with Gasteiger partial charge in [-0.2, -0.15) is 0 Å². The molecule has 0 N–H and O–H groups in total. The molecule has 2 aromatic rings. The smallest absolute Gasteiger partial charge is 0.265 e. The van der Waals surface area contributed by atoms with E-state index in [2.05, 4.69) is 13.8 Å². The quantitative estimate of drug-likeness (QED) is 0.279. The third-order valence-corrected chi connectivity index (χ3v) is 6.42. The monoisotopic (exact) mass is 477 g/mol. The van der Waals surface area contributed by atoms with E-state index in [1.54, 1.807) is 31.3 Å². The van der Waals surface area contributed by atoms with Crippen LogP contribution in [0.1, 0.15) is 16.7 Å². The van der Waals surface area contributed by atoms with Crippen LogP contribution in [0.15, 0.2) is 41.3 Å². The van der Waals surface area contributed by atoms with Gasteiger partial charge in [-0.3, -0.25) is 9.69 Å². The van der Waals surface area contributed by atoms with Crippen molar-refractivity contribution < 1.29 is 19.0 Å². The average Bonchev–Trinajstić information content (AvgIpc) is 2.98. The number of hydrogen-bond donors (Lipinski definition) is 0. The topological polar surface area (TPSA) is 48.0 Å². The molecule has 0 spiro atoms. The molecule has 3 rings (SSSR count). The fraction of sp³-hybridized carbons (Fsp3) is 0.304. The summed E-state index contributed by atoms with van der Waals surface area (Å²) in [4.78, 5) is 14.2. The second-order valence-corrected chi connectivity index (χ2v) is 9.09. The van der Waals surface area contributed by atoms with Crippen molar-refractivity contribution in [2.75, 3.05) is 33.5 Å². The number of benzene rings is 2. The van der Waals surface area contributed by atoms with E-state index in [0.29, 0.717) is 46.4 Å². The predicted octanol–water partition coefficient (Wildman–Crippen LogP) is 5.26. The van der Waals surface area contributed by atoms with Gasteiger partial charge >= 0.3 is 0 Å². The van der Waals surface area contributed by atoms with Crippen LogP contribution >= 0.6 is 35.6 Å². The van der Waals surface area contributed by atoms with Crippen molar-refractivity contribution in [2.45, 2.75) is 13.8 Å². The summed E-state index contributed by atoms with van der Waals surface area (Å²) in [6.07, 6.45) is 1.75. The molecular formula is C23H24ClNO4S2. The van der Waals surface area contributed by atoms with Gasteiger partial charge in [0.25, 0.3) is 5.91 Å². The second kappa shape index (κ2) is 11.0. The number of nitrogens with zero attached hydrogens (tertiary/aromatic N) is 1. The molecule has 0 saturated carbocycles. The highest BCUT2D eigenvalue weighted by Gasteiger charge is 2.29. The van der Waals surface area contributed by atoms with Crippen LogP contribution in [0.5, 0.6) is 11.5 Å². The van der Waals surface area contributed by atoms with E-state index < -0.39 is 0 Å². The summed E-state index contributed by atoms with van der Waals surface area (Å²) in [7, 11) is 1.66. The zero-order valence-corrected chi connectivity index (χ0v) is 20.0. The zero-order valence-electron chi connectivity index (χ0n) is 17.6. The molecule has 1 heterocycles. The summed E-state index contributed by atoms with van der Waals surface area (Å²) >= 11 is 12.6. The minimum Gasteiger partial charge on any atom is -0.491 e. The summed E-state index contributed by atoms with van der Waals surface area (Å²) < 4.78 is 17.7. The van der Waals surface area contributed by atoms with Crippen molar-refractivity contribution in [1.82, 2.24) is 4.90 Å². The van der Waals surface area contributed by atoms with Crippen molar-refractivity contribution in [3.05, 3.63) is 63.0 Å². The van der Waals surface area contributed by atoms with Crippen LogP contribution in [0.2, 0.25) is 5.02 Å². The highest BCUT2D eigenvalue weighted by atomic mass is 35.5. The van der Waals surface area contributed by atoms with E-state index in [-0.39, 0.29) is 5.91 Å². The molecule has 1 aliphatic rings. The van der Waals surface area contributed by atoms with Crippen molar-refractivity contribution in [3.8, 4) is 11.5 Å². The Hall–Kier alpha value is -2.06. The standard InChI is InChI=1S/C23H24ClNO4S2/c1-15-4-6-19(12-16(15)2)28-10-8-27-9-11-29-20-7-5-18(24)13-17(20)14-21-22(26)25(3)23(30)31-21/h4-7,12-14H,8-11H2,1-3H3. The maximum Gasteiger partial charge on any atom is 0.265 e. The van der Waals surface area contributed by atoms with E-state index >= 15 is 0 Å². The first kappa shape index (κ1) is 23.6. The number of thioether (sulfide) groups is 1. The van der Waals surface area contributed by atoms with Gasteiger partial charge in [0.2, 0.25) is 0 Å². The van der Waals surface area contributed by atoms with Gasteiger partial charge in [0, 0.05) is 17.6 Å². The summed E-state index contributed by atoms with van der Waals surface area (Å²) in [5.41, 5.74) is 3.16. The molecule has 0 aromatic heterocycles. The molecule has 1 saturated heterocycles. The molecule has 0 unspecified atom stereocenters. The molecular weight excluding hydrogens is 454 g/mol. The lowest BCUT2D eigenvalue weighted by atomic mass is 10.1. The summed E-state index contributed by atoms with van der Waals surface area (Å²) in [6.45, 7) is 5.83. The lowest BCUT2D eigenvalue weighted by Gasteiger charge is -2.11. The molecule has 31 heavy (non-hydrogen) atoms. The minimum atomic E-state index is -0.131. The number of rotatable bonds is 9. The van der Waals surface area contributed by atoms with Crippen molar-refractivity contribution in [1.29, 1.82) is 0 Å². The number of carbonyl (C=O) groups is 1. The van der Waals surface area contributed by atoms with Crippen LogP contribution in [0, 0.1) is 13.8 Å². The van der Waals surface area contributed by atoms with Crippen molar-refractivity contribution >= 4 is 51.9 Å². The van der Waals surface area contributed by atoms with Crippen LogP contribution < -0.4 is 9.47 Å². The van der Waals surface area contributed by atoms with Gasteiger partial charge in [-0.05, 0) is 61.4 Å². The fourth-order valence-electron chi connectivity index (χ4n) is 2.79. The number of amides is 1. The Labute approximate surface area is 197 Å². The Morgan fingerprint density at radius 2 is 1.77 bits per heavy atom. The minimum absolute atomic E-state index is 0.131. The Kier molecular flexibility index (Phi) is 8.37. The van der Waals surface area contributed by atoms with Gasteiger partial charge in [0.05, 0.1) is 18.1 Å². The highest BCUT2D eigenvalue weighted by Crippen LogP contribution is 2.34. The first-order valence-electron chi connectivity index (χ1n) is 9.77. The summed E-state index contributed by atoms with van der Waals surface area (Å²) in [6, 6.07) is 11.3. The summed E-state index contributed by atoms with van der Waals surface area (Å²) in [5.74, 6) is 1.33. The van der Waals surface area contributed by atoms with Gasteiger partial charge in [0.15, 0.2) is 0 Å². The number of hydrogen-bond acceptors (Lipinski definition) is 6. The van der Waals surface area contributed by atoms with Crippen LogP contribution in [0.3, 0.4) is 0 Å². The average molecular weight is 478 g/mol. The van der Waals surface area contributed by atoms with Crippen molar-refractivity contribution in [3.63, 3.8) is 0 Å². The van der Waals surface area contributed by atoms with Gasteiger partial charge in [-0.25, -0.2) is 0 Å². The van der Waals surface area contributed by atoms with Crippen LogP contribution in [0.4, 0.5) is 0 Å². The number of thiocarbonyl (C=S) groups is 1. The summed E-state index contributed by atoms with van der Waals surface area (Å²) in [5, 5.41) is 0.560. The number of carbonyl (C=O) groups excluding carboxylic acids is 1.